The highest BCUT2D eigenvalue weighted by Gasteiger charge is 2.13. The lowest BCUT2D eigenvalue weighted by Gasteiger charge is -2.07. The van der Waals surface area contributed by atoms with Gasteiger partial charge in [-0.25, -0.2) is 0 Å². The number of nitriles is 1. The van der Waals surface area contributed by atoms with E-state index < -0.39 is 15.0 Å². The Morgan fingerprint density at radius 3 is 2.76 bits per heavy atom. The Hall–Kier alpha value is -3.49. The van der Waals surface area contributed by atoms with Gasteiger partial charge in [0, 0.05) is 23.3 Å². The molecule has 0 unspecified atom stereocenters. The maximum atomic E-state index is 11.3. The van der Waals surface area contributed by atoms with Crippen LogP contribution < -0.4 is 5.32 Å². The van der Waals surface area contributed by atoms with Gasteiger partial charge < -0.3 is 10.4 Å². The second-order valence-electron chi connectivity index (χ2n) is 4.90. The zero-order chi connectivity index (χ0) is 18.0. The van der Waals surface area contributed by atoms with Gasteiger partial charge >= 0.3 is 0 Å². The number of phenolic OH excluding ortho intramolecular Hbond substituents is 1. The van der Waals surface area contributed by atoms with Gasteiger partial charge in [0.05, 0.1) is 4.90 Å². The number of benzene rings is 2. The number of allylic oxidation sites excluding steroid dienone is 1. The SMILES string of the molecule is N#CC(=CNc1ccc2c(O)cc(S(=O)(=O)O)cc2c1)c1nn[nH]n1. The van der Waals surface area contributed by atoms with Gasteiger partial charge in [-0.05, 0) is 34.9 Å². The summed E-state index contributed by atoms with van der Waals surface area (Å²) in [6.45, 7) is 0. The van der Waals surface area contributed by atoms with Gasteiger partial charge in [-0.15, -0.1) is 10.2 Å². The predicted molar refractivity (Wildman–Crippen MR) is 86.8 cm³/mol. The number of nitrogens with zero attached hydrogens (tertiary/aromatic N) is 4. The number of H-pyrrole nitrogens is 1. The molecule has 0 bridgehead atoms. The number of hydrogen-bond donors (Lipinski definition) is 4. The summed E-state index contributed by atoms with van der Waals surface area (Å²) in [5, 5.41) is 35.6. The number of aromatic hydroxyl groups is 1. The summed E-state index contributed by atoms with van der Waals surface area (Å²) < 4.78 is 31.7. The summed E-state index contributed by atoms with van der Waals surface area (Å²) in [4.78, 5) is -0.422. The topological polar surface area (TPSA) is 165 Å². The van der Waals surface area contributed by atoms with E-state index in [2.05, 4.69) is 25.9 Å². The number of tetrazole rings is 1. The van der Waals surface area contributed by atoms with Crippen molar-refractivity contribution < 1.29 is 18.1 Å². The van der Waals surface area contributed by atoms with E-state index in [9.17, 15) is 13.5 Å². The Kier molecular flexibility index (Phi) is 4.05. The molecule has 0 radical (unpaired) electrons. The first-order valence-corrected chi connectivity index (χ1v) is 8.17. The van der Waals surface area contributed by atoms with E-state index in [1.807, 2.05) is 6.07 Å². The van der Waals surface area contributed by atoms with Crippen molar-refractivity contribution in [3.8, 4) is 11.8 Å². The van der Waals surface area contributed by atoms with Crippen molar-refractivity contribution in [1.29, 1.82) is 5.26 Å². The number of rotatable bonds is 4. The van der Waals surface area contributed by atoms with Crippen LogP contribution in [0.15, 0.2) is 41.4 Å². The largest absolute Gasteiger partial charge is 0.507 e. The second-order valence-corrected chi connectivity index (χ2v) is 6.32. The quantitative estimate of drug-likeness (QED) is 0.397. The first-order valence-electron chi connectivity index (χ1n) is 6.73. The summed E-state index contributed by atoms with van der Waals surface area (Å²) in [6.07, 6.45) is 1.36. The van der Waals surface area contributed by atoms with E-state index in [-0.39, 0.29) is 17.1 Å². The third kappa shape index (κ3) is 3.39. The molecule has 0 atom stereocenters. The summed E-state index contributed by atoms with van der Waals surface area (Å²) in [7, 11) is -4.45. The lowest BCUT2D eigenvalue weighted by Crippen LogP contribution is -1.98. The Morgan fingerprint density at radius 2 is 2.12 bits per heavy atom. The van der Waals surface area contributed by atoms with Crippen LogP contribution in [-0.2, 0) is 10.1 Å². The molecule has 0 aliphatic rings. The molecular formula is C14H10N6O4S. The lowest BCUT2D eigenvalue weighted by molar-refractivity contribution is 0.471. The van der Waals surface area contributed by atoms with E-state index >= 15 is 0 Å². The average molecular weight is 358 g/mol. The van der Waals surface area contributed by atoms with Crippen LogP contribution in [0.3, 0.4) is 0 Å². The second kappa shape index (κ2) is 6.19. The van der Waals surface area contributed by atoms with Crippen LogP contribution in [0.25, 0.3) is 16.3 Å². The van der Waals surface area contributed by atoms with E-state index in [1.54, 1.807) is 18.2 Å². The van der Waals surface area contributed by atoms with Gasteiger partial charge in [0.15, 0.2) is 0 Å². The standard InChI is InChI=1S/C14H10N6O4S/c15-6-9(14-17-19-20-18-14)7-16-10-1-2-12-8(3-10)4-11(5-13(12)21)25(22,23)24/h1-5,7,16,21H,(H,22,23,24)(H,17,18,19,20). The Morgan fingerprint density at radius 1 is 1.32 bits per heavy atom. The molecule has 0 saturated heterocycles. The molecule has 126 valence electrons. The molecule has 1 aromatic heterocycles. The number of anilines is 1. The summed E-state index contributed by atoms with van der Waals surface area (Å²) in [5.74, 6) is -0.168. The van der Waals surface area contributed by atoms with Crippen LogP contribution in [0.4, 0.5) is 5.69 Å². The third-order valence-corrected chi connectivity index (χ3v) is 4.12. The smallest absolute Gasteiger partial charge is 0.294 e. The van der Waals surface area contributed by atoms with Crippen molar-refractivity contribution in [2.45, 2.75) is 4.90 Å². The van der Waals surface area contributed by atoms with Crippen molar-refractivity contribution >= 4 is 32.2 Å². The Labute approximate surface area is 141 Å². The van der Waals surface area contributed by atoms with Crippen molar-refractivity contribution in [1.82, 2.24) is 20.6 Å². The molecule has 0 aliphatic carbocycles. The first kappa shape index (κ1) is 16.4. The molecular weight excluding hydrogens is 348 g/mol. The van der Waals surface area contributed by atoms with Crippen LogP contribution >= 0.6 is 0 Å². The maximum absolute atomic E-state index is 11.3. The van der Waals surface area contributed by atoms with Crippen LogP contribution in [0.2, 0.25) is 0 Å². The molecule has 25 heavy (non-hydrogen) atoms. The Bertz CT molecular complexity index is 1120. The van der Waals surface area contributed by atoms with E-state index in [0.717, 1.165) is 6.07 Å². The van der Waals surface area contributed by atoms with Gasteiger partial charge in [-0.2, -0.15) is 18.9 Å². The molecule has 0 amide bonds. The van der Waals surface area contributed by atoms with Crippen molar-refractivity contribution in [3.63, 3.8) is 0 Å². The van der Waals surface area contributed by atoms with Gasteiger partial charge in [0.1, 0.15) is 17.4 Å². The minimum atomic E-state index is -4.45. The fourth-order valence-corrected chi connectivity index (χ4v) is 2.68. The van der Waals surface area contributed by atoms with Crippen LogP contribution in [0, 0.1) is 11.3 Å². The van der Waals surface area contributed by atoms with Crippen LogP contribution in [-0.4, -0.2) is 38.7 Å². The minimum Gasteiger partial charge on any atom is -0.507 e. The average Bonchev–Trinajstić information content (AvgIpc) is 3.08. The van der Waals surface area contributed by atoms with Gasteiger partial charge in [-0.3, -0.25) is 4.55 Å². The fraction of sp³-hybridized carbons (Fsp3) is 0. The van der Waals surface area contributed by atoms with Gasteiger partial charge in [0.2, 0.25) is 5.82 Å². The van der Waals surface area contributed by atoms with Crippen molar-refractivity contribution in [3.05, 3.63) is 42.4 Å². The Balaban J connectivity index is 2.00. The zero-order valence-electron chi connectivity index (χ0n) is 12.4. The van der Waals surface area contributed by atoms with E-state index in [0.29, 0.717) is 16.5 Å². The highest BCUT2D eigenvalue weighted by atomic mass is 32.2. The molecule has 10 nitrogen and oxygen atoms in total. The first-order chi connectivity index (χ1) is 11.9. The number of aromatic amines is 1. The number of aromatic nitrogens is 4. The normalized spacial score (nSPS) is 12.1. The monoisotopic (exact) mass is 358 g/mol. The molecule has 1 heterocycles. The molecule has 11 heteroatoms. The van der Waals surface area contributed by atoms with E-state index in [1.165, 1.54) is 12.3 Å². The molecule has 3 aromatic rings. The summed E-state index contributed by atoms with van der Waals surface area (Å²) >= 11 is 0. The predicted octanol–water partition coefficient (Wildman–Crippen LogP) is 1.28. The maximum Gasteiger partial charge on any atom is 0.294 e. The highest BCUT2D eigenvalue weighted by molar-refractivity contribution is 7.85. The fourth-order valence-electron chi connectivity index (χ4n) is 2.14. The van der Waals surface area contributed by atoms with E-state index in [4.69, 9.17) is 9.81 Å². The molecule has 0 aliphatic heterocycles. The molecule has 0 spiro atoms. The highest BCUT2D eigenvalue weighted by Crippen LogP contribution is 2.30. The third-order valence-electron chi connectivity index (χ3n) is 3.29. The molecule has 0 fully saturated rings. The number of nitrogens with one attached hydrogen (secondary N) is 2. The number of hydrogen-bond acceptors (Lipinski definition) is 8. The summed E-state index contributed by atoms with van der Waals surface area (Å²) in [5.41, 5.74) is 0.638. The lowest BCUT2D eigenvalue weighted by atomic mass is 10.1. The molecule has 4 N–H and O–H groups in total. The number of phenols is 1. The van der Waals surface area contributed by atoms with Crippen molar-refractivity contribution in [2.24, 2.45) is 0 Å². The minimum absolute atomic E-state index is 0.113. The van der Waals surface area contributed by atoms with Gasteiger partial charge in [-0.1, -0.05) is 0 Å². The molecule has 2 aromatic carbocycles. The zero-order valence-corrected chi connectivity index (χ0v) is 13.2. The van der Waals surface area contributed by atoms with Crippen LogP contribution in [0.5, 0.6) is 5.75 Å². The number of fused-ring (bicyclic) bond motifs is 1. The van der Waals surface area contributed by atoms with Gasteiger partial charge in [0.25, 0.3) is 10.1 Å². The van der Waals surface area contributed by atoms with Crippen LogP contribution in [0.1, 0.15) is 5.82 Å². The molecule has 3 rings (SSSR count). The van der Waals surface area contributed by atoms with Crippen molar-refractivity contribution in [2.75, 3.05) is 5.32 Å². The summed E-state index contributed by atoms with van der Waals surface area (Å²) in [6, 6.07) is 8.84. The molecule has 0 saturated carbocycles.